The predicted molar refractivity (Wildman–Crippen MR) is 71.3 cm³/mol. The van der Waals surface area contributed by atoms with Gasteiger partial charge in [-0.3, -0.25) is 4.79 Å². The SMILES string of the molecule is COCc1cc(C(=O)Nc2cc(C#N)ccc2Cl)no1. The van der Waals surface area contributed by atoms with E-state index in [-0.39, 0.29) is 12.3 Å². The monoisotopic (exact) mass is 291 g/mol. The van der Waals surface area contributed by atoms with Crippen LogP contribution in [0.25, 0.3) is 0 Å². The molecular weight excluding hydrogens is 282 g/mol. The molecule has 0 saturated heterocycles. The second-order valence-electron chi connectivity index (χ2n) is 3.87. The molecule has 0 atom stereocenters. The quantitative estimate of drug-likeness (QED) is 0.935. The van der Waals surface area contributed by atoms with Crippen LogP contribution in [0.4, 0.5) is 5.69 Å². The Morgan fingerprint density at radius 1 is 1.55 bits per heavy atom. The fraction of sp³-hybridized carbons (Fsp3) is 0.154. The Balaban J connectivity index is 2.16. The van der Waals surface area contributed by atoms with Crippen LogP contribution in [0.15, 0.2) is 28.8 Å². The third-order valence-corrected chi connectivity index (χ3v) is 2.75. The summed E-state index contributed by atoms with van der Waals surface area (Å²) in [6, 6.07) is 8.02. The first-order valence-corrected chi connectivity index (χ1v) is 5.97. The number of carbonyl (C=O) groups is 1. The van der Waals surface area contributed by atoms with Gasteiger partial charge in [0, 0.05) is 13.2 Å². The van der Waals surface area contributed by atoms with Gasteiger partial charge in [0.25, 0.3) is 5.91 Å². The summed E-state index contributed by atoms with van der Waals surface area (Å²) in [6.07, 6.45) is 0. The van der Waals surface area contributed by atoms with Crippen LogP contribution in [0, 0.1) is 11.3 Å². The second-order valence-corrected chi connectivity index (χ2v) is 4.28. The predicted octanol–water partition coefficient (Wildman–Crippen LogP) is 2.60. The van der Waals surface area contributed by atoms with Gasteiger partial charge in [-0.05, 0) is 18.2 Å². The highest BCUT2D eigenvalue weighted by atomic mass is 35.5. The summed E-state index contributed by atoms with van der Waals surface area (Å²) >= 11 is 5.95. The van der Waals surface area contributed by atoms with Crippen LogP contribution in [-0.4, -0.2) is 18.2 Å². The van der Waals surface area contributed by atoms with E-state index in [0.717, 1.165) is 0 Å². The van der Waals surface area contributed by atoms with E-state index in [9.17, 15) is 4.79 Å². The molecule has 7 heteroatoms. The molecule has 1 aromatic carbocycles. The number of amides is 1. The number of aromatic nitrogens is 1. The van der Waals surface area contributed by atoms with Crippen LogP contribution in [-0.2, 0) is 11.3 Å². The smallest absolute Gasteiger partial charge is 0.277 e. The van der Waals surface area contributed by atoms with Crippen molar-refractivity contribution in [1.82, 2.24) is 5.16 Å². The Bertz CT molecular complexity index is 676. The van der Waals surface area contributed by atoms with E-state index in [2.05, 4.69) is 10.5 Å². The number of carbonyl (C=O) groups excluding carboxylic acids is 1. The van der Waals surface area contributed by atoms with Gasteiger partial charge in [-0.1, -0.05) is 16.8 Å². The van der Waals surface area contributed by atoms with E-state index < -0.39 is 5.91 Å². The van der Waals surface area contributed by atoms with Crippen molar-refractivity contribution in [2.45, 2.75) is 6.61 Å². The van der Waals surface area contributed by atoms with Gasteiger partial charge in [-0.25, -0.2) is 0 Å². The minimum Gasteiger partial charge on any atom is -0.377 e. The van der Waals surface area contributed by atoms with Gasteiger partial charge in [0.1, 0.15) is 6.61 Å². The molecule has 6 nitrogen and oxygen atoms in total. The van der Waals surface area contributed by atoms with Gasteiger partial charge in [0.15, 0.2) is 11.5 Å². The highest BCUT2D eigenvalue weighted by molar-refractivity contribution is 6.33. The maximum absolute atomic E-state index is 12.0. The van der Waals surface area contributed by atoms with Gasteiger partial charge in [-0.2, -0.15) is 5.26 Å². The maximum atomic E-state index is 12.0. The molecule has 0 fully saturated rings. The lowest BCUT2D eigenvalue weighted by atomic mass is 10.2. The fourth-order valence-corrected chi connectivity index (χ4v) is 1.67. The zero-order valence-corrected chi connectivity index (χ0v) is 11.3. The Hall–Kier alpha value is -2.36. The van der Waals surface area contributed by atoms with Gasteiger partial charge in [0.2, 0.25) is 0 Å². The molecule has 20 heavy (non-hydrogen) atoms. The van der Waals surface area contributed by atoms with Crippen molar-refractivity contribution in [3.8, 4) is 6.07 Å². The summed E-state index contributed by atoms with van der Waals surface area (Å²) in [4.78, 5) is 12.0. The summed E-state index contributed by atoms with van der Waals surface area (Å²) < 4.78 is 9.78. The summed E-state index contributed by atoms with van der Waals surface area (Å²) in [5.41, 5.74) is 0.840. The number of rotatable bonds is 4. The molecule has 0 radical (unpaired) electrons. The molecule has 0 aliphatic carbocycles. The van der Waals surface area contributed by atoms with Crippen LogP contribution in [0.3, 0.4) is 0 Å². The number of benzene rings is 1. The molecule has 2 aromatic rings. The summed E-state index contributed by atoms with van der Waals surface area (Å²) in [7, 11) is 1.51. The molecule has 102 valence electrons. The van der Waals surface area contributed by atoms with Crippen LogP contribution in [0.5, 0.6) is 0 Å². The number of ether oxygens (including phenoxy) is 1. The van der Waals surface area contributed by atoms with E-state index in [1.165, 1.54) is 25.3 Å². The Morgan fingerprint density at radius 2 is 2.35 bits per heavy atom. The highest BCUT2D eigenvalue weighted by Gasteiger charge is 2.14. The molecule has 1 N–H and O–H groups in total. The van der Waals surface area contributed by atoms with Crippen molar-refractivity contribution in [3.05, 3.63) is 46.3 Å². The molecule has 0 aliphatic rings. The van der Waals surface area contributed by atoms with Crippen molar-refractivity contribution in [1.29, 1.82) is 5.26 Å². The average molecular weight is 292 g/mol. The molecule has 1 amide bonds. The van der Waals surface area contributed by atoms with E-state index in [1.807, 2.05) is 6.07 Å². The maximum Gasteiger partial charge on any atom is 0.277 e. The Kier molecular flexibility index (Phi) is 4.35. The Labute approximate surface area is 119 Å². The minimum absolute atomic E-state index is 0.107. The lowest BCUT2D eigenvalue weighted by Gasteiger charge is -2.05. The van der Waals surface area contributed by atoms with Crippen LogP contribution in [0.1, 0.15) is 21.8 Å². The van der Waals surface area contributed by atoms with E-state index >= 15 is 0 Å². The van der Waals surface area contributed by atoms with Crippen molar-refractivity contribution in [3.63, 3.8) is 0 Å². The first kappa shape index (κ1) is 14.1. The largest absolute Gasteiger partial charge is 0.377 e. The van der Waals surface area contributed by atoms with Gasteiger partial charge in [0.05, 0.1) is 22.3 Å². The Morgan fingerprint density at radius 3 is 3.05 bits per heavy atom. The summed E-state index contributed by atoms with van der Waals surface area (Å²) in [6.45, 7) is 0.227. The third kappa shape index (κ3) is 3.15. The fourth-order valence-electron chi connectivity index (χ4n) is 1.51. The lowest BCUT2D eigenvalue weighted by Crippen LogP contribution is -2.12. The topological polar surface area (TPSA) is 88.1 Å². The molecule has 1 heterocycles. The molecule has 0 bridgehead atoms. The molecule has 0 aliphatic heterocycles. The second kappa shape index (κ2) is 6.19. The van der Waals surface area contributed by atoms with Gasteiger partial charge in [-0.15, -0.1) is 0 Å². The number of nitrogens with one attached hydrogen (secondary N) is 1. The van der Waals surface area contributed by atoms with Gasteiger partial charge < -0.3 is 14.6 Å². The standard InChI is InChI=1S/C13H10ClN3O3/c1-19-7-9-5-12(17-20-9)13(18)16-11-4-8(6-15)2-3-10(11)14/h2-5H,7H2,1H3,(H,16,18). The highest BCUT2D eigenvalue weighted by Crippen LogP contribution is 2.23. The van der Waals surface area contributed by atoms with Crippen molar-refractivity contribution >= 4 is 23.2 Å². The number of hydrogen-bond donors (Lipinski definition) is 1. The van der Waals surface area contributed by atoms with Crippen molar-refractivity contribution in [2.24, 2.45) is 0 Å². The van der Waals surface area contributed by atoms with E-state index in [1.54, 1.807) is 6.07 Å². The van der Waals surface area contributed by atoms with Crippen LogP contribution >= 0.6 is 11.6 Å². The normalized spacial score (nSPS) is 10.1. The van der Waals surface area contributed by atoms with Crippen molar-refractivity contribution < 1.29 is 14.1 Å². The summed E-state index contributed by atoms with van der Waals surface area (Å²) in [5.74, 6) is -0.0392. The molecular formula is C13H10ClN3O3. The zero-order chi connectivity index (χ0) is 14.5. The first-order chi connectivity index (χ1) is 9.63. The molecule has 0 spiro atoms. The number of nitriles is 1. The summed E-state index contributed by atoms with van der Waals surface area (Å²) in [5, 5.41) is 15.4. The molecule has 1 aromatic heterocycles. The number of methoxy groups -OCH3 is 1. The number of nitrogens with zero attached hydrogens (tertiary/aromatic N) is 2. The van der Waals surface area contributed by atoms with Crippen LogP contribution in [0.2, 0.25) is 5.02 Å². The van der Waals surface area contributed by atoms with Gasteiger partial charge >= 0.3 is 0 Å². The number of anilines is 1. The lowest BCUT2D eigenvalue weighted by molar-refractivity contribution is 0.101. The number of hydrogen-bond acceptors (Lipinski definition) is 5. The minimum atomic E-state index is -0.479. The van der Waals surface area contributed by atoms with Crippen LogP contribution < -0.4 is 5.32 Å². The number of halogens is 1. The molecule has 0 unspecified atom stereocenters. The zero-order valence-electron chi connectivity index (χ0n) is 10.5. The van der Waals surface area contributed by atoms with E-state index in [4.69, 9.17) is 26.1 Å². The van der Waals surface area contributed by atoms with E-state index in [0.29, 0.717) is 22.0 Å². The molecule has 0 saturated carbocycles. The first-order valence-electron chi connectivity index (χ1n) is 5.59. The molecule has 2 rings (SSSR count). The average Bonchev–Trinajstić information content (AvgIpc) is 2.90. The third-order valence-electron chi connectivity index (χ3n) is 2.42. The van der Waals surface area contributed by atoms with Crippen molar-refractivity contribution in [2.75, 3.05) is 12.4 Å².